The van der Waals surface area contributed by atoms with E-state index in [0.29, 0.717) is 11.8 Å². The summed E-state index contributed by atoms with van der Waals surface area (Å²) in [5, 5.41) is 9.71. The van der Waals surface area contributed by atoms with Crippen LogP contribution >= 0.6 is 0 Å². The Morgan fingerprint density at radius 2 is 0.840 bits per heavy atom. The van der Waals surface area contributed by atoms with Crippen LogP contribution in [-0.4, -0.2) is 0 Å². The van der Waals surface area contributed by atoms with Gasteiger partial charge < -0.3 is 18.6 Å². The summed E-state index contributed by atoms with van der Waals surface area (Å²) < 4.78 is 14.2. The van der Waals surface area contributed by atoms with Gasteiger partial charge in [0.1, 0.15) is 11.2 Å². The third-order valence-corrected chi connectivity index (χ3v) is 17.7. The number of hydrogen-bond donors (Lipinski definition) is 0. The SMILES string of the molecule is CC1(C)c2cc3cc(N(c4ccccc4)c4cccc5c4oc4c(C6CCCCC6)cccc45)ccc3cc2-c2ccc3cc(N(c4ccccc4)c4cccc5c4oc4c(C6CCCCC6)cccc45)ccc3c21. The Balaban J connectivity index is 0.827. The first kappa shape index (κ1) is 44.4. The zero-order valence-electron chi connectivity index (χ0n) is 42.9. The molecule has 2 fully saturated rings. The van der Waals surface area contributed by atoms with Gasteiger partial charge in [-0.2, -0.15) is 0 Å². The van der Waals surface area contributed by atoms with Crippen molar-refractivity contribution in [3.05, 3.63) is 216 Å². The van der Waals surface area contributed by atoms with Crippen LogP contribution in [0, 0.1) is 0 Å². The molecule has 4 heteroatoms. The molecule has 366 valence electrons. The fraction of sp³-hybridized carbons (Fsp3) is 0.211. The summed E-state index contributed by atoms with van der Waals surface area (Å²) in [4.78, 5) is 4.79. The molecule has 0 aliphatic heterocycles. The Kier molecular flexibility index (Phi) is 10.4. The standard InChI is InChI=1S/C71H60N2O2/c1-71(2)63-44-49-42-52(72(50-23-11-5-12-24-50)64-33-17-31-60-58-29-15-27-55(67(58)74-69(60)64)45-19-7-3-8-20-45)37-35-47(49)43-62(63)57-39-36-48-41-53(38-40-54(48)66(57)71)73(51-25-13-6-14-26-51)65-34-18-32-61-59-30-16-28-56(68(59)75-70(61)65)46-21-9-4-10-22-46/h5-6,11-18,23-46H,3-4,7-10,19-22H2,1-2H3. The van der Waals surface area contributed by atoms with Crippen molar-refractivity contribution in [2.45, 2.75) is 95.3 Å². The average molecular weight is 973 g/mol. The minimum atomic E-state index is -0.250. The van der Waals surface area contributed by atoms with E-state index in [-0.39, 0.29) is 5.41 Å². The van der Waals surface area contributed by atoms with Gasteiger partial charge in [-0.25, -0.2) is 0 Å². The summed E-state index contributed by atoms with van der Waals surface area (Å²) in [5.74, 6) is 1.09. The summed E-state index contributed by atoms with van der Waals surface area (Å²) in [5.41, 5.74) is 18.3. The number of nitrogens with zero attached hydrogens (tertiary/aromatic N) is 2. The monoisotopic (exact) mass is 972 g/mol. The Morgan fingerprint density at radius 1 is 0.360 bits per heavy atom. The van der Waals surface area contributed by atoms with Gasteiger partial charge in [0.05, 0.1) is 11.4 Å². The van der Waals surface area contributed by atoms with Crippen molar-refractivity contribution in [1.29, 1.82) is 0 Å². The largest absolute Gasteiger partial charge is 0.454 e. The molecule has 75 heavy (non-hydrogen) atoms. The van der Waals surface area contributed by atoms with Crippen LogP contribution in [0.25, 0.3) is 76.5 Å². The van der Waals surface area contributed by atoms with Crippen molar-refractivity contribution in [3.8, 4) is 11.1 Å². The second-order valence-electron chi connectivity index (χ2n) is 22.4. The van der Waals surface area contributed by atoms with Crippen molar-refractivity contribution < 1.29 is 8.83 Å². The van der Waals surface area contributed by atoms with Gasteiger partial charge >= 0.3 is 0 Å². The second kappa shape index (κ2) is 17.5. The van der Waals surface area contributed by atoms with Gasteiger partial charge in [0, 0.05) is 49.7 Å². The third kappa shape index (κ3) is 7.09. The molecule has 2 aromatic heterocycles. The van der Waals surface area contributed by atoms with Gasteiger partial charge in [0.15, 0.2) is 11.2 Å². The highest BCUT2D eigenvalue weighted by Crippen LogP contribution is 2.54. The maximum Gasteiger partial charge on any atom is 0.159 e. The van der Waals surface area contributed by atoms with E-state index in [9.17, 15) is 0 Å². The van der Waals surface area contributed by atoms with E-state index in [1.54, 1.807) is 0 Å². The molecule has 0 bridgehead atoms. The second-order valence-corrected chi connectivity index (χ2v) is 22.4. The van der Waals surface area contributed by atoms with Gasteiger partial charge in [-0.1, -0.05) is 174 Å². The van der Waals surface area contributed by atoms with Crippen molar-refractivity contribution in [2.75, 3.05) is 9.80 Å². The minimum absolute atomic E-state index is 0.250. The normalized spacial score (nSPS) is 15.9. The van der Waals surface area contributed by atoms with E-state index in [4.69, 9.17) is 8.83 Å². The highest BCUT2D eigenvalue weighted by Gasteiger charge is 2.38. The smallest absolute Gasteiger partial charge is 0.159 e. The van der Waals surface area contributed by atoms with Crippen LogP contribution in [0.1, 0.15) is 112 Å². The molecule has 0 amide bonds. The van der Waals surface area contributed by atoms with Crippen LogP contribution in [0.3, 0.4) is 0 Å². The molecular formula is C71H60N2O2. The van der Waals surface area contributed by atoms with Crippen molar-refractivity contribution in [2.24, 2.45) is 0 Å². The van der Waals surface area contributed by atoms with Crippen LogP contribution < -0.4 is 9.80 Å². The summed E-state index contributed by atoms with van der Waals surface area (Å²) >= 11 is 0. The molecule has 0 saturated heterocycles. The third-order valence-electron chi connectivity index (χ3n) is 17.7. The lowest BCUT2D eigenvalue weighted by Gasteiger charge is -2.27. The van der Waals surface area contributed by atoms with E-state index >= 15 is 0 Å². The van der Waals surface area contributed by atoms with E-state index in [1.807, 2.05) is 0 Å². The first-order chi connectivity index (χ1) is 37.0. The van der Waals surface area contributed by atoms with Crippen LogP contribution in [0.5, 0.6) is 0 Å². The molecule has 15 rings (SSSR count). The summed E-state index contributed by atoms with van der Waals surface area (Å²) in [6, 6.07) is 72.2. The number of anilines is 6. The Morgan fingerprint density at radius 3 is 1.39 bits per heavy atom. The number of hydrogen-bond acceptors (Lipinski definition) is 4. The fourth-order valence-electron chi connectivity index (χ4n) is 14.1. The first-order valence-electron chi connectivity index (χ1n) is 27.7. The van der Waals surface area contributed by atoms with Crippen LogP contribution in [0.4, 0.5) is 34.1 Å². The molecule has 2 saturated carbocycles. The highest BCUT2D eigenvalue weighted by atomic mass is 16.3. The minimum Gasteiger partial charge on any atom is -0.454 e. The van der Waals surface area contributed by atoms with Crippen molar-refractivity contribution in [1.82, 2.24) is 0 Å². The molecule has 0 radical (unpaired) electrons. The van der Waals surface area contributed by atoms with Gasteiger partial charge in [0.2, 0.25) is 0 Å². The van der Waals surface area contributed by atoms with E-state index in [2.05, 4.69) is 218 Å². The maximum atomic E-state index is 7.11. The zero-order valence-corrected chi connectivity index (χ0v) is 42.9. The van der Waals surface area contributed by atoms with Crippen LogP contribution in [-0.2, 0) is 5.41 Å². The Labute approximate surface area is 438 Å². The summed E-state index contributed by atoms with van der Waals surface area (Å²) in [7, 11) is 0. The van der Waals surface area contributed by atoms with Gasteiger partial charge in [-0.05, 0) is 165 Å². The molecule has 2 heterocycles. The van der Waals surface area contributed by atoms with Gasteiger partial charge in [0.25, 0.3) is 0 Å². The number of rotatable bonds is 8. The average Bonchev–Trinajstić information content (AvgIpc) is 4.15. The molecule has 12 aromatic rings. The lowest BCUT2D eigenvalue weighted by atomic mass is 9.79. The number of benzene rings is 10. The Bertz CT molecular complexity index is 4190. The fourth-order valence-corrected chi connectivity index (χ4v) is 14.1. The predicted octanol–water partition coefficient (Wildman–Crippen LogP) is 21.1. The van der Waals surface area contributed by atoms with Gasteiger partial charge in [-0.3, -0.25) is 0 Å². The molecule has 0 atom stereocenters. The van der Waals surface area contributed by atoms with E-state index in [1.165, 1.54) is 135 Å². The summed E-state index contributed by atoms with van der Waals surface area (Å²) in [6.45, 7) is 4.84. The molecule has 0 N–H and O–H groups in total. The molecule has 10 aromatic carbocycles. The first-order valence-corrected chi connectivity index (χ1v) is 27.7. The summed E-state index contributed by atoms with van der Waals surface area (Å²) in [6.07, 6.45) is 12.8. The number of furan rings is 2. The van der Waals surface area contributed by atoms with Crippen molar-refractivity contribution in [3.63, 3.8) is 0 Å². The lowest BCUT2D eigenvalue weighted by Crippen LogP contribution is -2.16. The van der Waals surface area contributed by atoms with E-state index < -0.39 is 0 Å². The number of fused-ring (bicyclic) bond motifs is 12. The predicted molar refractivity (Wildman–Crippen MR) is 315 cm³/mol. The quantitative estimate of drug-likeness (QED) is 0.152. The Hall–Kier alpha value is -8.08. The molecule has 3 aliphatic carbocycles. The van der Waals surface area contributed by atoms with E-state index in [0.717, 1.165) is 61.8 Å². The van der Waals surface area contributed by atoms with Crippen LogP contribution in [0.2, 0.25) is 0 Å². The van der Waals surface area contributed by atoms with Gasteiger partial charge in [-0.15, -0.1) is 0 Å². The van der Waals surface area contributed by atoms with Crippen molar-refractivity contribution >= 4 is 99.5 Å². The molecular weight excluding hydrogens is 913 g/mol. The van der Waals surface area contributed by atoms with Crippen LogP contribution in [0.15, 0.2) is 203 Å². The lowest BCUT2D eigenvalue weighted by molar-refractivity contribution is 0.442. The number of para-hydroxylation sites is 6. The molecule has 0 spiro atoms. The molecule has 4 nitrogen and oxygen atoms in total. The highest BCUT2D eigenvalue weighted by molar-refractivity contribution is 6.13. The zero-order chi connectivity index (χ0) is 49.8. The topological polar surface area (TPSA) is 32.8 Å². The maximum absolute atomic E-state index is 7.11. The molecule has 0 unspecified atom stereocenters. The molecule has 3 aliphatic rings.